The first kappa shape index (κ1) is 19.0. The number of hydrogen-bond acceptors (Lipinski definition) is 6. The number of rotatable bonds is 11. The lowest BCUT2D eigenvalue weighted by Gasteiger charge is -2.08. The zero-order valence-corrected chi connectivity index (χ0v) is 15.0. The topological polar surface area (TPSA) is 88.5 Å². The molecule has 0 unspecified atom stereocenters. The van der Waals surface area contributed by atoms with E-state index < -0.39 is 9.15 Å². The Hall–Kier alpha value is -1.35. The maximum absolute atomic E-state index is 10.5. The predicted molar refractivity (Wildman–Crippen MR) is 98.0 cm³/mol. The first-order valence-corrected chi connectivity index (χ1v) is 10.8. The van der Waals surface area contributed by atoms with Gasteiger partial charge in [-0.1, -0.05) is 18.2 Å². The number of nitrogens with one attached hydrogen (secondary N) is 1. The van der Waals surface area contributed by atoms with Crippen molar-refractivity contribution in [3.8, 4) is 5.88 Å². The standard InChI is InChI=1S/C16H22N2O4S2/c19-24(20,21)23-13-11-17-9-4-1-5-12-22-16-15-7-3-2-6-14(15)8-10-18-16/h2-3,6-8,10,17H,1,4-5,9,11-13H2,(H,19,20,21). The van der Waals surface area contributed by atoms with E-state index in [2.05, 4.69) is 10.3 Å². The van der Waals surface area contributed by atoms with E-state index in [-0.39, 0.29) is 0 Å². The predicted octanol–water partition coefficient (Wildman–Crippen LogP) is 2.91. The fourth-order valence-corrected chi connectivity index (χ4v) is 3.57. The van der Waals surface area contributed by atoms with E-state index in [9.17, 15) is 8.42 Å². The molecule has 0 aliphatic rings. The van der Waals surface area contributed by atoms with Crippen molar-refractivity contribution in [3.63, 3.8) is 0 Å². The van der Waals surface area contributed by atoms with E-state index in [4.69, 9.17) is 9.29 Å². The van der Waals surface area contributed by atoms with Crippen LogP contribution in [-0.2, 0) is 9.15 Å². The molecule has 0 atom stereocenters. The van der Waals surface area contributed by atoms with Crippen LogP contribution in [0, 0.1) is 0 Å². The van der Waals surface area contributed by atoms with Crippen molar-refractivity contribution in [1.82, 2.24) is 10.3 Å². The molecule has 0 saturated heterocycles. The molecule has 0 amide bonds. The number of benzene rings is 1. The lowest BCUT2D eigenvalue weighted by Crippen LogP contribution is -2.19. The van der Waals surface area contributed by atoms with Gasteiger partial charge in [0.15, 0.2) is 0 Å². The summed E-state index contributed by atoms with van der Waals surface area (Å²) in [7, 11) is -3.37. The highest BCUT2D eigenvalue weighted by Gasteiger charge is 2.04. The van der Waals surface area contributed by atoms with Gasteiger partial charge in [-0.3, -0.25) is 4.55 Å². The Bertz CT molecular complexity index is 732. The van der Waals surface area contributed by atoms with E-state index >= 15 is 0 Å². The Morgan fingerprint density at radius 1 is 1.12 bits per heavy atom. The molecule has 6 nitrogen and oxygen atoms in total. The highest BCUT2D eigenvalue weighted by molar-refractivity contribution is 8.69. The van der Waals surface area contributed by atoms with Crippen molar-refractivity contribution in [1.29, 1.82) is 0 Å². The summed E-state index contributed by atoms with van der Waals surface area (Å²) in [6.07, 6.45) is 4.70. The van der Waals surface area contributed by atoms with Crippen LogP contribution in [0.5, 0.6) is 5.88 Å². The largest absolute Gasteiger partial charge is 0.477 e. The van der Waals surface area contributed by atoms with Crippen molar-refractivity contribution < 1.29 is 17.7 Å². The Morgan fingerprint density at radius 2 is 1.96 bits per heavy atom. The maximum atomic E-state index is 10.5. The van der Waals surface area contributed by atoms with Gasteiger partial charge >= 0.3 is 9.15 Å². The molecule has 0 aliphatic heterocycles. The van der Waals surface area contributed by atoms with Crippen LogP contribution in [0.2, 0.25) is 0 Å². The molecule has 132 valence electrons. The van der Waals surface area contributed by atoms with Gasteiger partial charge in [-0.05, 0) is 54.1 Å². The van der Waals surface area contributed by atoms with Crippen molar-refractivity contribution in [2.45, 2.75) is 19.3 Å². The minimum Gasteiger partial charge on any atom is -0.477 e. The zero-order valence-electron chi connectivity index (χ0n) is 13.3. The molecule has 0 aliphatic carbocycles. The van der Waals surface area contributed by atoms with Gasteiger partial charge in [0.1, 0.15) is 0 Å². The fraction of sp³-hybridized carbons (Fsp3) is 0.438. The number of pyridine rings is 1. The second kappa shape index (κ2) is 9.83. The third-order valence-electron chi connectivity index (χ3n) is 3.38. The third-order valence-corrected chi connectivity index (χ3v) is 5.45. The average Bonchev–Trinajstić information content (AvgIpc) is 2.55. The van der Waals surface area contributed by atoms with E-state index in [1.807, 2.05) is 30.3 Å². The lowest BCUT2D eigenvalue weighted by atomic mass is 10.2. The van der Waals surface area contributed by atoms with Crippen molar-refractivity contribution >= 4 is 30.7 Å². The quantitative estimate of drug-likeness (QED) is 0.357. The average molecular weight is 370 g/mol. The van der Waals surface area contributed by atoms with Crippen LogP contribution in [0.1, 0.15) is 19.3 Å². The first-order valence-electron chi connectivity index (χ1n) is 7.85. The Balaban J connectivity index is 1.55. The summed E-state index contributed by atoms with van der Waals surface area (Å²) < 4.78 is 35.4. The number of unbranched alkanes of at least 4 members (excludes halogenated alkanes) is 2. The van der Waals surface area contributed by atoms with Gasteiger partial charge in [0.05, 0.1) is 6.61 Å². The van der Waals surface area contributed by atoms with Crippen LogP contribution in [0.15, 0.2) is 36.5 Å². The minimum atomic E-state index is -3.92. The highest BCUT2D eigenvalue weighted by Crippen LogP contribution is 2.22. The number of aromatic nitrogens is 1. The van der Waals surface area contributed by atoms with Gasteiger partial charge in [-0.25, -0.2) is 4.98 Å². The second-order valence-electron chi connectivity index (χ2n) is 5.25. The van der Waals surface area contributed by atoms with E-state index in [0.29, 0.717) is 35.6 Å². The Morgan fingerprint density at radius 3 is 2.79 bits per heavy atom. The van der Waals surface area contributed by atoms with Gasteiger partial charge in [0.2, 0.25) is 5.88 Å². The molecular formula is C16H22N2O4S2. The van der Waals surface area contributed by atoms with Crippen LogP contribution in [-0.4, -0.2) is 43.4 Å². The molecule has 0 bridgehead atoms. The van der Waals surface area contributed by atoms with Crippen LogP contribution < -0.4 is 10.1 Å². The van der Waals surface area contributed by atoms with E-state index in [1.165, 1.54) is 0 Å². The fourth-order valence-electron chi connectivity index (χ4n) is 2.25. The van der Waals surface area contributed by atoms with Crippen molar-refractivity contribution in [2.24, 2.45) is 0 Å². The lowest BCUT2D eigenvalue weighted by molar-refractivity contribution is 0.297. The summed E-state index contributed by atoms with van der Waals surface area (Å²) in [5.41, 5.74) is 0. The summed E-state index contributed by atoms with van der Waals surface area (Å²) in [5, 5.41) is 5.29. The molecule has 0 radical (unpaired) electrons. The molecule has 2 rings (SSSR count). The normalized spacial score (nSPS) is 11.7. The van der Waals surface area contributed by atoms with E-state index in [0.717, 1.165) is 36.6 Å². The number of nitrogens with zero attached hydrogens (tertiary/aromatic N) is 1. The van der Waals surface area contributed by atoms with Crippen LogP contribution >= 0.6 is 10.8 Å². The zero-order chi connectivity index (χ0) is 17.3. The molecule has 0 spiro atoms. The summed E-state index contributed by atoms with van der Waals surface area (Å²) in [4.78, 5) is 4.29. The molecule has 1 aromatic carbocycles. The molecule has 2 N–H and O–H groups in total. The molecule has 24 heavy (non-hydrogen) atoms. The van der Waals surface area contributed by atoms with Crippen molar-refractivity contribution in [2.75, 3.05) is 25.4 Å². The summed E-state index contributed by atoms with van der Waals surface area (Å²) in [6.45, 7) is 2.00. The Kier molecular flexibility index (Phi) is 7.77. The number of fused-ring (bicyclic) bond motifs is 1. The monoisotopic (exact) mass is 370 g/mol. The van der Waals surface area contributed by atoms with Crippen LogP contribution in [0.25, 0.3) is 10.8 Å². The van der Waals surface area contributed by atoms with Crippen molar-refractivity contribution in [3.05, 3.63) is 36.5 Å². The molecule has 1 heterocycles. The molecule has 1 aromatic heterocycles. The molecule has 0 fully saturated rings. The smallest absolute Gasteiger partial charge is 0.319 e. The van der Waals surface area contributed by atoms with Gasteiger partial charge < -0.3 is 10.1 Å². The summed E-state index contributed by atoms with van der Waals surface area (Å²) >= 11 is 0. The third kappa shape index (κ3) is 7.04. The number of hydrogen-bond donors (Lipinski definition) is 2. The molecule has 0 saturated carbocycles. The SMILES string of the molecule is O=S(=O)(O)SCCNCCCCCOc1nccc2ccccc12. The molecule has 2 aromatic rings. The van der Waals surface area contributed by atoms with Gasteiger partial charge in [-0.15, -0.1) is 0 Å². The van der Waals surface area contributed by atoms with Gasteiger partial charge in [0, 0.05) is 23.9 Å². The summed E-state index contributed by atoms with van der Waals surface area (Å²) in [5.74, 6) is 1.02. The summed E-state index contributed by atoms with van der Waals surface area (Å²) in [6, 6.07) is 9.98. The molecular weight excluding hydrogens is 348 g/mol. The first-order chi connectivity index (χ1) is 11.6. The van der Waals surface area contributed by atoms with Gasteiger partial charge in [0.25, 0.3) is 0 Å². The molecule has 8 heteroatoms. The highest BCUT2D eigenvalue weighted by atomic mass is 33.1. The second-order valence-corrected chi connectivity index (χ2v) is 8.72. The Labute approximate surface area is 146 Å². The maximum Gasteiger partial charge on any atom is 0.319 e. The van der Waals surface area contributed by atoms with E-state index in [1.54, 1.807) is 6.20 Å². The minimum absolute atomic E-state index is 0.342. The van der Waals surface area contributed by atoms with Gasteiger partial charge in [-0.2, -0.15) is 8.42 Å². The van der Waals surface area contributed by atoms with Crippen LogP contribution in [0.4, 0.5) is 0 Å². The number of ether oxygens (including phenoxy) is 1. The van der Waals surface area contributed by atoms with Crippen LogP contribution in [0.3, 0.4) is 0 Å².